The number of rotatable bonds is 6. The highest BCUT2D eigenvalue weighted by molar-refractivity contribution is 8.26. The molecule has 1 aliphatic rings. The Morgan fingerprint density at radius 1 is 1.14 bits per heavy atom. The second-order valence-electron chi connectivity index (χ2n) is 5.38. The van der Waals surface area contributed by atoms with Crippen LogP contribution in [0.25, 0.3) is 6.08 Å². The molecule has 3 rings (SSSR count). The van der Waals surface area contributed by atoms with Gasteiger partial charge in [-0.1, -0.05) is 17.8 Å². The summed E-state index contributed by atoms with van der Waals surface area (Å²) >= 11 is 7.61. The van der Waals surface area contributed by atoms with E-state index >= 15 is 0 Å². The van der Waals surface area contributed by atoms with Crippen LogP contribution in [0.2, 0.25) is 0 Å². The van der Waals surface area contributed by atoms with E-state index in [1.165, 1.54) is 32.7 Å². The third-order valence-electron chi connectivity index (χ3n) is 3.77. The van der Waals surface area contributed by atoms with Crippen LogP contribution in [0.1, 0.15) is 15.2 Å². The minimum Gasteiger partial charge on any atom is -0.496 e. The number of benzene rings is 1. The molecule has 0 aliphatic carbocycles. The molecule has 1 fully saturated rings. The fraction of sp³-hybridized carbons (Fsp3) is 0.167. The number of nitrogens with zero attached hydrogens (tertiary/aromatic N) is 1. The number of thiophene rings is 1. The number of hydrogen-bond donors (Lipinski definition) is 1. The van der Waals surface area contributed by atoms with Crippen LogP contribution in [-0.2, 0) is 4.79 Å². The summed E-state index contributed by atoms with van der Waals surface area (Å²) < 4.78 is 16.2. The lowest BCUT2D eigenvalue weighted by molar-refractivity contribution is -0.123. The zero-order valence-corrected chi connectivity index (χ0v) is 17.6. The predicted octanol–water partition coefficient (Wildman–Crippen LogP) is 3.32. The Hall–Kier alpha value is -2.56. The molecule has 1 saturated heterocycles. The van der Waals surface area contributed by atoms with Crippen LogP contribution in [0.4, 0.5) is 0 Å². The maximum atomic E-state index is 12.7. The van der Waals surface area contributed by atoms with Crippen LogP contribution < -0.4 is 19.6 Å². The molecule has 1 aromatic heterocycles. The van der Waals surface area contributed by atoms with E-state index in [1.807, 2.05) is 0 Å². The second kappa shape index (κ2) is 8.63. The second-order valence-corrected chi connectivity index (χ2v) is 8.01. The van der Waals surface area contributed by atoms with Gasteiger partial charge in [0.05, 0.1) is 31.1 Å². The number of hydrogen-bond acceptors (Lipinski definition) is 8. The molecule has 28 heavy (non-hydrogen) atoms. The molecule has 0 saturated carbocycles. The zero-order valence-electron chi connectivity index (χ0n) is 15.2. The predicted molar refractivity (Wildman–Crippen MR) is 113 cm³/mol. The van der Waals surface area contributed by atoms with E-state index in [9.17, 15) is 9.59 Å². The van der Waals surface area contributed by atoms with Crippen molar-refractivity contribution in [2.24, 2.45) is 0 Å². The summed E-state index contributed by atoms with van der Waals surface area (Å²) in [6.45, 7) is 0. The summed E-state index contributed by atoms with van der Waals surface area (Å²) in [5.74, 6) is 0.696. The van der Waals surface area contributed by atoms with Gasteiger partial charge in [0.25, 0.3) is 11.8 Å². The summed E-state index contributed by atoms with van der Waals surface area (Å²) in [5, 5.41) is 2.85. The molecule has 10 heteroatoms. The normalized spacial score (nSPS) is 15.1. The number of thiocarbonyl (C=S) groups is 1. The molecule has 0 atom stereocenters. The highest BCUT2D eigenvalue weighted by atomic mass is 32.2. The van der Waals surface area contributed by atoms with Gasteiger partial charge in [0.15, 0.2) is 15.8 Å². The maximum Gasteiger partial charge on any atom is 0.285 e. The van der Waals surface area contributed by atoms with Crippen LogP contribution in [0.15, 0.2) is 34.6 Å². The topological polar surface area (TPSA) is 77.1 Å². The molecule has 1 aliphatic heterocycles. The molecule has 1 N–H and O–H groups in total. The van der Waals surface area contributed by atoms with Crippen molar-refractivity contribution in [3.63, 3.8) is 0 Å². The third kappa shape index (κ3) is 3.98. The van der Waals surface area contributed by atoms with E-state index in [2.05, 4.69) is 5.43 Å². The smallest absolute Gasteiger partial charge is 0.285 e. The Morgan fingerprint density at radius 3 is 2.43 bits per heavy atom. The van der Waals surface area contributed by atoms with E-state index in [-0.39, 0.29) is 4.32 Å². The number of amides is 2. The maximum absolute atomic E-state index is 12.7. The lowest BCUT2D eigenvalue weighted by atomic mass is 10.1. The van der Waals surface area contributed by atoms with Crippen molar-refractivity contribution in [3.05, 3.63) is 45.0 Å². The van der Waals surface area contributed by atoms with E-state index in [0.717, 1.165) is 16.8 Å². The largest absolute Gasteiger partial charge is 0.496 e. The average Bonchev–Trinajstić information content (AvgIpc) is 3.32. The number of methoxy groups -OCH3 is 3. The van der Waals surface area contributed by atoms with E-state index in [1.54, 1.807) is 35.7 Å². The number of hydrazine groups is 1. The molecule has 2 amide bonds. The van der Waals surface area contributed by atoms with Gasteiger partial charge >= 0.3 is 0 Å². The fourth-order valence-corrected chi connectivity index (χ4v) is 4.22. The van der Waals surface area contributed by atoms with Crippen molar-refractivity contribution < 1.29 is 23.8 Å². The molecule has 0 radical (unpaired) electrons. The van der Waals surface area contributed by atoms with Crippen molar-refractivity contribution in [1.82, 2.24) is 10.4 Å². The van der Waals surface area contributed by atoms with Crippen molar-refractivity contribution in [2.75, 3.05) is 21.3 Å². The first-order valence-electron chi connectivity index (χ1n) is 7.91. The summed E-state index contributed by atoms with van der Waals surface area (Å²) in [4.78, 5) is 25.8. The van der Waals surface area contributed by atoms with Crippen molar-refractivity contribution in [3.8, 4) is 17.2 Å². The summed E-state index contributed by atoms with van der Waals surface area (Å²) in [6.07, 6.45) is 1.64. The fourth-order valence-electron chi connectivity index (χ4n) is 2.44. The Bertz CT molecular complexity index is 956. The number of ether oxygens (including phenoxy) is 3. The highest BCUT2D eigenvalue weighted by Gasteiger charge is 2.34. The Balaban J connectivity index is 1.88. The van der Waals surface area contributed by atoms with Gasteiger partial charge in [-0.15, -0.1) is 11.3 Å². The molecule has 2 aromatic rings. The van der Waals surface area contributed by atoms with Crippen LogP contribution >= 0.6 is 35.3 Å². The molecule has 0 spiro atoms. The van der Waals surface area contributed by atoms with Gasteiger partial charge in [0, 0.05) is 11.6 Å². The lowest BCUT2D eigenvalue weighted by Crippen LogP contribution is -2.44. The molecule has 1 aromatic carbocycles. The summed E-state index contributed by atoms with van der Waals surface area (Å²) in [7, 11) is 4.57. The number of carbonyl (C=O) groups excluding carboxylic acids is 2. The minimum absolute atomic E-state index is 0.237. The molecule has 7 nitrogen and oxygen atoms in total. The SMILES string of the molecule is COc1cc(OC)c(OC)cc1/C=C1/SC(=S)N(NC(=O)c2cccs2)C1=O. The number of carbonyl (C=O) groups is 2. The Labute approximate surface area is 175 Å². The lowest BCUT2D eigenvalue weighted by Gasteiger charge is -2.15. The highest BCUT2D eigenvalue weighted by Crippen LogP contribution is 2.38. The average molecular weight is 437 g/mol. The molecule has 0 unspecified atom stereocenters. The van der Waals surface area contributed by atoms with Crippen LogP contribution in [-0.4, -0.2) is 42.5 Å². The first-order chi connectivity index (χ1) is 13.5. The van der Waals surface area contributed by atoms with Gasteiger partial charge in [0.1, 0.15) is 5.75 Å². The molecular weight excluding hydrogens is 420 g/mol. The van der Waals surface area contributed by atoms with E-state index in [4.69, 9.17) is 26.4 Å². The van der Waals surface area contributed by atoms with Gasteiger partial charge in [0.2, 0.25) is 0 Å². The van der Waals surface area contributed by atoms with Crippen LogP contribution in [0.5, 0.6) is 17.2 Å². The standard InChI is InChI=1S/C18H16N2O5S3/c1-23-11-9-13(25-3)12(24-2)7-10(11)8-15-17(22)20(18(26)28-15)19-16(21)14-5-4-6-27-14/h4-9H,1-3H3,(H,19,21)/b15-8+. The van der Waals surface area contributed by atoms with E-state index in [0.29, 0.717) is 32.6 Å². The Morgan fingerprint density at radius 2 is 1.82 bits per heavy atom. The van der Waals surface area contributed by atoms with Gasteiger partial charge in [-0.05, 0) is 35.8 Å². The van der Waals surface area contributed by atoms with E-state index < -0.39 is 11.8 Å². The van der Waals surface area contributed by atoms with Crippen molar-refractivity contribution >= 4 is 57.5 Å². The first kappa shape index (κ1) is 20.2. The molecule has 2 heterocycles. The number of nitrogens with one attached hydrogen (secondary N) is 1. The van der Waals surface area contributed by atoms with Gasteiger partial charge in [-0.3, -0.25) is 15.0 Å². The minimum atomic E-state index is -0.420. The Kier molecular flexibility index (Phi) is 6.22. The van der Waals surface area contributed by atoms with Gasteiger partial charge in [-0.2, -0.15) is 5.01 Å². The van der Waals surface area contributed by atoms with Crippen LogP contribution in [0, 0.1) is 0 Å². The van der Waals surface area contributed by atoms with Crippen molar-refractivity contribution in [1.29, 1.82) is 0 Å². The molecular formula is C18H16N2O5S3. The monoisotopic (exact) mass is 436 g/mol. The summed E-state index contributed by atoms with van der Waals surface area (Å²) in [6, 6.07) is 6.80. The third-order valence-corrected chi connectivity index (χ3v) is 5.95. The first-order valence-corrected chi connectivity index (χ1v) is 10.0. The van der Waals surface area contributed by atoms with Crippen molar-refractivity contribution in [2.45, 2.75) is 0 Å². The number of thioether (sulfide) groups is 1. The van der Waals surface area contributed by atoms with Gasteiger partial charge < -0.3 is 14.2 Å². The molecule has 0 bridgehead atoms. The zero-order chi connectivity index (χ0) is 20.3. The van der Waals surface area contributed by atoms with Crippen LogP contribution in [0.3, 0.4) is 0 Å². The summed E-state index contributed by atoms with van der Waals surface area (Å²) in [5.41, 5.74) is 3.16. The quantitative estimate of drug-likeness (QED) is 0.550. The van der Waals surface area contributed by atoms with Gasteiger partial charge in [-0.25, -0.2) is 0 Å². The molecule has 146 valence electrons.